The van der Waals surface area contributed by atoms with E-state index in [1.807, 2.05) is 28.8 Å². The molecule has 2 N–H and O–H groups in total. The number of anilines is 1. The maximum absolute atomic E-state index is 5.70. The van der Waals surface area contributed by atoms with Gasteiger partial charge in [0.25, 0.3) is 0 Å². The molecule has 0 aliphatic carbocycles. The summed E-state index contributed by atoms with van der Waals surface area (Å²) in [4.78, 5) is 0. The molecule has 0 spiro atoms. The summed E-state index contributed by atoms with van der Waals surface area (Å²) in [5, 5.41) is 8.19. The molecule has 0 radical (unpaired) electrons. The lowest BCUT2D eigenvalue weighted by Crippen LogP contribution is -1.96. The zero-order valence-electron chi connectivity index (χ0n) is 10.6. The quantitative estimate of drug-likeness (QED) is 0.711. The Kier molecular flexibility index (Phi) is 2.76. The van der Waals surface area contributed by atoms with Crippen molar-refractivity contribution in [3.8, 4) is 17.1 Å². The van der Waals surface area contributed by atoms with Crippen LogP contribution < -0.4 is 5.73 Å². The van der Waals surface area contributed by atoms with Crippen LogP contribution in [0.25, 0.3) is 17.1 Å². The van der Waals surface area contributed by atoms with Gasteiger partial charge in [-0.15, -0.1) is 10.2 Å². The van der Waals surface area contributed by atoms with E-state index >= 15 is 0 Å². The highest BCUT2D eigenvalue weighted by Crippen LogP contribution is 2.21. The molecule has 2 aromatic carbocycles. The molecule has 19 heavy (non-hydrogen) atoms. The highest BCUT2D eigenvalue weighted by atomic mass is 15.3. The molecule has 0 amide bonds. The molecule has 0 bridgehead atoms. The van der Waals surface area contributed by atoms with Crippen LogP contribution in [0.1, 0.15) is 5.56 Å². The molecule has 1 aromatic heterocycles. The van der Waals surface area contributed by atoms with Gasteiger partial charge in [0, 0.05) is 16.9 Å². The van der Waals surface area contributed by atoms with Crippen LogP contribution in [0.4, 0.5) is 5.69 Å². The number of nitrogen functional groups attached to an aromatic ring is 1. The van der Waals surface area contributed by atoms with Crippen molar-refractivity contribution in [2.24, 2.45) is 0 Å². The fraction of sp³-hybridized carbons (Fsp3) is 0.0667. The fourth-order valence-electron chi connectivity index (χ4n) is 1.96. The highest BCUT2D eigenvalue weighted by molar-refractivity contribution is 5.60. The molecule has 0 aliphatic heterocycles. The third-order valence-corrected chi connectivity index (χ3v) is 3.03. The molecule has 0 aliphatic rings. The first kappa shape index (κ1) is 11.5. The van der Waals surface area contributed by atoms with Crippen LogP contribution in [-0.2, 0) is 0 Å². The lowest BCUT2D eigenvalue weighted by Gasteiger charge is -2.07. The Labute approximate surface area is 111 Å². The van der Waals surface area contributed by atoms with E-state index in [9.17, 15) is 0 Å². The summed E-state index contributed by atoms with van der Waals surface area (Å²) in [6, 6.07) is 15.9. The Hall–Kier alpha value is -2.62. The predicted molar refractivity (Wildman–Crippen MR) is 75.9 cm³/mol. The Bertz CT molecular complexity index is 621. The van der Waals surface area contributed by atoms with Crippen LogP contribution in [0.3, 0.4) is 0 Å². The van der Waals surface area contributed by atoms with Crippen molar-refractivity contribution < 1.29 is 0 Å². The van der Waals surface area contributed by atoms with Crippen LogP contribution in [0.5, 0.6) is 0 Å². The van der Waals surface area contributed by atoms with Gasteiger partial charge in [-0.3, -0.25) is 4.57 Å². The van der Waals surface area contributed by atoms with Gasteiger partial charge in [0.05, 0.1) is 0 Å². The third-order valence-electron chi connectivity index (χ3n) is 3.03. The van der Waals surface area contributed by atoms with Crippen molar-refractivity contribution in [1.82, 2.24) is 14.8 Å². The number of hydrogen-bond acceptors (Lipinski definition) is 3. The van der Waals surface area contributed by atoms with Crippen molar-refractivity contribution in [3.63, 3.8) is 0 Å². The van der Waals surface area contributed by atoms with Gasteiger partial charge in [0.15, 0.2) is 5.82 Å². The molecule has 3 aromatic rings. The summed E-state index contributed by atoms with van der Waals surface area (Å²) in [5.74, 6) is 0.809. The lowest BCUT2D eigenvalue weighted by atomic mass is 10.2. The zero-order chi connectivity index (χ0) is 13.2. The van der Waals surface area contributed by atoms with Crippen molar-refractivity contribution in [2.75, 3.05) is 5.73 Å². The fourth-order valence-corrected chi connectivity index (χ4v) is 1.96. The standard InChI is InChI=1S/C15H14N4/c1-11-2-8-14(9-3-11)19-10-17-18-15(19)12-4-6-13(16)7-5-12/h2-10H,16H2,1H3. The van der Waals surface area contributed by atoms with Crippen molar-refractivity contribution in [2.45, 2.75) is 6.92 Å². The largest absolute Gasteiger partial charge is 0.399 e. The van der Waals surface area contributed by atoms with E-state index in [1.165, 1.54) is 5.56 Å². The van der Waals surface area contributed by atoms with Crippen LogP contribution in [0.15, 0.2) is 54.9 Å². The van der Waals surface area contributed by atoms with Gasteiger partial charge in [-0.25, -0.2) is 0 Å². The number of nitrogens with two attached hydrogens (primary N) is 1. The van der Waals surface area contributed by atoms with Crippen molar-refractivity contribution in [1.29, 1.82) is 0 Å². The third kappa shape index (κ3) is 2.20. The molecule has 94 valence electrons. The Morgan fingerprint density at radius 1 is 0.947 bits per heavy atom. The van der Waals surface area contributed by atoms with E-state index in [4.69, 9.17) is 5.73 Å². The number of aromatic nitrogens is 3. The molecule has 4 nitrogen and oxygen atoms in total. The maximum Gasteiger partial charge on any atom is 0.168 e. The Balaban J connectivity index is 2.07. The zero-order valence-corrected chi connectivity index (χ0v) is 10.6. The van der Waals surface area contributed by atoms with Gasteiger partial charge in [-0.2, -0.15) is 0 Å². The van der Waals surface area contributed by atoms with Crippen LogP contribution in [-0.4, -0.2) is 14.8 Å². The summed E-state index contributed by atoms with van der Waals surface area (Å²) in [6.07, 6.45) is 1.72. The molecule has 0 saturated heterocycles. The molecule has 0 unspecified atom stereocenters. The Morgan fingerprint density at radius 2 is 1.63 bits per heavy atom. The van der Waals surface area contributed by atoms with E-state index in [0.29, 0.717) is 0 Å². The first-order valence-corrected chi connectivity index (χ1v) is 6.07. The first-order valence-electron chi connectivity index (χ1n) is 6.07. The van der Waals surface area contributed by atoms with Crippen molar-refractivity contribution in [3.05, 3.63) is 60.4 Å². The van der Waals surface area contributed by atoms with E-state index in [2.05, 4.69) is 41.4 Å². The van der Waals surface area contributed by atoms with Crippen molar-refractivity contribution >= 4 is 5.69 Å². The van der Waals surface area contributed by atoms with Crippen LogP contribution >= 0.6 is 0 Å². The average molecular weight is 250 g/mol. The van der Waals surface area contributed by atoms with E-state index < -0.39 is 0 Å². The number of benzene rings is 2. The maximum atomic E-state index is 5.70. The number of nitrogens with zero attached hydrogens (tertiary/aromatic N) is 3. The second-order valence-corrected chi connectivity index (χ2v) is 4.48. The smallest absolute Gasteiger partial charge is 0.168 e. The number of aryl methyl sites for hydroxylation is 1. The number of hydrogen-bond donors (Lipinski definition) is 1. The topological polar surface area (TPSA) is 56.7 Å². The van der Waals surface area contributed by atoms with E-state index in [0.717, 1.165) is 22.8 Å². The second-order valence-electron chi connectivity index (χ2n) is 4.48. The lowest BCUT2D eigenvalue weighted by molar-refractivity contribution is 1.06. The number of rotatable bonds is 2. The summed E-state index contributed by atoms with van der Waals surface area (Å²) < 4.78 is 1.96. The molecular formula is C15H14N4. The summed E-state index contributed by atoms with van der Waals surface area (Å²) >= 11 is 0. The van der Waals surface area contributed by atoms with Gasteiger partial charge in [-0.05, 0) is 43.3 Å². The van der Waals surface area contributed by atoms with Gasteiger partial charge < -0.3 is 5.73 Å². The molecule has 0 atom stereocenters. The summed E-state index contributed by atoms with van der Waals surface area (Å²) in [6.45, 7) is 2.07. The minimum atomic E-state index is 0.741. The Morgan fingerprint density at radius 3 is 2.32 bits per heavy atom. The molecule has 4 heteroatoms. The highest BCUT2D eigenvalue weighted by Gasteiger charge is 2.08. The summed E-state index contributed by atoms with van der Waals surface area (Å²) in [5.41, 5.74) is 9.71. The second kappa shape index (κ2) is 4.57. The van der Waals surface area contributed by atoms with Gasteiger partial charge in [0.2, 0.25) is 0 Å². The first-order chi connectivity index (χ1) is 9.24. The minimum absolute atomic E-state index is 0.741. The van der Waals surface area contributed by atoms with Crippen LogP contribution in [0, 0.1) is 6.92 Å². The average Bonchev–Trinajstić information content (AvgIpc) is 2.90. The SMILES string of the molecule is Cc1ccc(-n2cnnc2-c2ccc(N)cc2)cc1. The predicted octanol–water partition coefficient (Wildman–Crippen LogP) is 2.82. The van der Waals surface area contributed by atoms with Gasteiger partial charge in [-0.1, -0.05) is 17.7 Å². The summed E-state index contributed by atoms with van der Waals surface area (Å²) in [7, 11) is 0. The monoisotopic (exact) mass is 250 g/mol. The molecular weight excluding hydrogens is 236 g/mol. The minimum Gasteiger partial charge on any atom is -0.399 e. The van der Waals surface area contributed by atoms with Gasteiger partial charge >= 0.3 is 0 Å². The van der Waals surface area contributed by atoms with E-state index in [-0.39, 0.29) is 0 Å². The normalized spacial score (nSPS) is 10.6. The van der Waals surface area contributed by atoms with E-state index in [1.54, 1.807) is 6.33 Å². The molecule has 1 heterocycles. The molecule has 0 fully saturated rings. The molecule has 0 saturated carbocycles. The molecule has 3 rings (SSSR count). The van der Waals surface area contributed by atoms with Gasteiger partial charge in [0.1, 0.15) is 6.33 Å². The van der Waals surface area contributed by atoms with Crippen LogP contribution in [0.2, 0.25) is 0 Å².